The summed E-state index contributed by atoms with van der Waals surface area (Å²) in [6.07, 6.45) is 1.62. The molecule has 0 aliphatic carbocycles. The number of hydrogen-bond donors (Lipinski definition) is 0. The lowest BCUT2D eigenvalue weighted by Gasteiger charge is -2.08. The smallest absolute Gasteiger partial charge is 0.191 e. The average Bonchev–Trinajstić information content (AvgIpc) is 2.27. The second-order valence-corrected chi connectivity index (χ2v) is 4.81. The van der Waals surface area contributed by atoms with Gasteiger partial charge in [0, 0.05) is 11.6 Å². The molecule has 3 nitrogen and oxygen atoms in total. The van der Waals surface area contributed by atoms with Gasteiger partial charge in [0.15, 0.2) is 11.1 Å². The van der Waals surface area contributed by atoms with E-state index in [4.69, 9.17) is 4.18 Å². The van der Waals surface area contributed by atoms with Gasteiger partial charge in [0.1, 0.15) is 0 Å². The van der Waals surface area contributed by atoms with Gasteiger partial charge in [0.05, 0.1) is 16.5 Å². The monoisotopic (exact) mass is 235 g/mol. The van der Waals surface area contributed by atoms with E-state index in [2.05, 4.69) is 4.98 Å². The Kier molecular flexibility index (Phi) is 3.31. The predicted molar refractivity (Wildman–Crippen MR) is 64.4 cm³/mol. The molecule has 0 N–H and O–H groups in total. The van der Waals surface area contributed by atoms with Crippen molar-refractivity contribution in [3.8, 4) is 0 Å². The number of hydrogen-bond acceptors (Lipinski definition) is 3. The molecule has 0 bridgehead atoms. The number of aromatic nitrogens is 1. The van der Waals surface area contributed by atoms with Crippen LogP contribution in [-0.4, -0.2) is 15.3 Å². The van der Waals surface area contributed by atoms with Crippen molar-refractivity contribution < 1.29 is 8.39 Å². The Labute approximate surface area is 97.1 Å². The van der Waals surface area contributed by atoms with Crippen molar-refractivity contribution in [2.75, 3.05) is 0 Å². The lowest BCUT2D eigenvalue weighted by Crippen LogP contribution is -2.06. The fraction of sp³-hybridized carbons (Fsp3) is 0.250. The molecule has 1 atom stereocenters. The van der Waals surface area contributed by atoms with Crippen molar-refractivity contribution >= 4 is 22.0 Å². The van der Waals surface area contributed by atoms with Gasteiger partial charge in [0.25, 0.3) is 0 Å². The molecule has 0 radical (unpaired) electrons. The van der Waals surface area contributed by atoms with Gasteiger partial charge >= 0.3 is 0 Å². The minimum Gasteiger partial charge on any atom is -0.284 e. The summed E-state index contributed by atoms with van der Waals surface area (Å²) in [7, 11) is 0. The molecule has 2 rings (SSSR count). The minimum atomic E-state index is -1.45. The van der Waals surface area contributed by atoms with E-state index >= 15 is 0 Å². The third kappa shape index (κ3) is 2.28. The van der Waals surface area contributed by atoms with Gasteiger partial charge in [-0.1, -0.05) is 18.2 Å². The molecule has 0 spiro atoms. The van der Waals surface area contributed by atoms with Crippen molar-refractivity contribution in [2.45, 2.75) is 24.8 Å². The van der Waals surface area contributed by atoms with Gasteiger partial charge in [-0.15, -0.1) is 0 Å². The standard InChI is InChI=1S/C12H13NO2S/c1-9(2)15-16(14)11-7-3-5-10-6-4-8-13-12(10)11/h3-9H,1-2H3/t16-/m1/s1. The third-order valence-corrected chi connectivity index (χ3v) is 3.30. The highest BCUT2D eigenvalue weighted by atomic mass is 32.2. The summed E-state index contributed by atoms with van der Waals surface area (Å²) >= 11 is -1.45. The number of benzene rings is 1. The second kappa shape index (κ2) is 4.72. The molecular weight excluding hydrogens is 222 g/mol. The number of rotatable bonds is 3. The third-order valence-electron chi connectivity index (χ3n) is 2.06. The first-order valence-electron chi connectivity index (χ1n) is 5.11. The molecular formula is C12H13NO2S. The van der Waals surface area contributed by atoms with E-state index in [-0.39, 0.29) is 6.10 Å². The molecule has 1 heterocycles. The van der Waals surface area contributed by atoms with E-state index in [0.29, 0.717) is 4.90 Å². The zero-order valence-electron chi connectivity index (χ0n) is 9.21. The van der Waals surface area contributed by atoms with Crippen LogP contribution < -0.4 is 0 Å². The van der Waals surface area contributed by atoms with Crippen LogP contribution in [0.2, 0.25) is 0 Å². The van der Waals surface area contributed by atoms with Crippen LogP contribution in [0, 0.1) is 0 Å². The zero-order chi connectivity index (χ0) is 11.5. The van der Waals surface area contributed by atoms with E-state index in [1.165, 1.54) is 0 Å². The van der Waals surface area contributed by atoms with Crippen LogP contribution >= 0.6 is 0 Å². The van der Waals surface area contributed by atoms with Crippen molar-refractivity contribution in [1.29, 1.82) is 0 Å². The van der Waals surface area contributed by atoms with Gasteiger partial charge in [-0.2, -0.15) is 0 Å². The Morgan fingerprint density at radius 1 is 1.25 bits per heavy atom. The van der Waals surface area contributed by atoms with Crippen LogP contribution in [0.4, 0.5) is 0 Å². The fourth-order valence-corrected chi connectivity index (χ4v) is 2.41. The maximum Gasteiger partial charge on any atom is 0.191 e. The van der Waals surface area contributed by atoms with E-state index in [9.17, 15) is 4.21 Å². The Morgan fingerprint density at radius 3 is 2.75 bits per heavy atom. The topological polar surface area (TPSA) is 39.2 Å². The lowest BCUT2D eigenvalue weighted by molar-refractivity contribution is 0.270. The molecule has 0 fully saturated rings. The van der Waals surface area contributed by atoms with Crippen LogP contribution in [0.15, 0.2) is 41.4 Å². The first-order valence-corrected chi connectivity index (χ1v) is 6.18. The zero-order valence-corrected chi connectivity index (χ0v) is 10.0. The highest BCUT2D eigenvalue weighted by molar-refractivity contribution is 7.80. The van der Waals surface area contributed by atoms with E-state index < -0.39 is 11.1 Å². The van der Waals surface area contributed by atoms with E-state index in [0.717, 1.165) is 10.9 Å². The molecule has 84 valence electrons. The number of fused-ring (bicyclic) bond motifs is 1. The maximum absolute atomic E-state index is 11.9. The van der Waals surface area contributed by atoms with Crippen molar-refractivity contribution in [3.63, 3.8) is 0 Å². The molecule has 1 aromatic heterocycles. The molecule has 0 saturated heterocycles. The first kappa shape index (κ1) is 11.2. The summed E-state index contributed by atoms with van der Waals surface area (Å²) in [6, 6.07) is 9.39. The van der Waals surface area contributed by atoms with Gasteiger partial charge in [-0.25, -0.2) is 4.21 Å². The van der Waals surface area contributed by atoms with Crippen LogP contribution in [0.3, 0.4) is 0 Å². The molecule has 0 aliphatic heterocycles. The number of pyridine rings is 1. The predicted octanol–water partition coefficient (Wildman–Crippen LogP) is 2.68. The maximum atomic E-state index is 11.9. The Bertz CT molecular complexity index is 520. The molecule has 0 aliphatic rings. The van der Waals surface area contributed by atoms with Crippen LogP contribution in [0.1, 0.15) is 13.8 Å². The largest absolute Gasteiger partial charge is 0.284 e. The molecule has 0 amide bonds. The molecule has 1 aromatic carbocycles. The summed E-state index contributed by atoms with van der Waals surface area (Å²) in [4.78, 5) is 4.87. The van der Waals surface area contributed by atoms with Crippen LogP contribution in [0.25, 0.3) is 10.9 Å². The van der Waals surface area contributed by atoms with Gasteiger partial charge < -0.3 is 0 Å². The summed E-state index contributed by atoms with van der Waals surface area (Å²) in [5, 5.41) is 0.973. The fourth-order valence-electron chi connectivity index (χ4n) is 1.44. The van der Waals surface area contributed by atoms with Crippen LogP contribution in [0.5, 0.6) is 0 Å². The van der Waals surface area contributed by atoms with Gasteiger partial charge in [0.2, 0.25) is 0 Å². The van der Waals surface area contributed by atoms with Crippen molar-refractivity contribution in [3.05, 3.63) is 36.5 Å². The van der Waals surface area contributed by atoms with Crippen molar-refractivity contribution in [2.24, 2.45) is 0 Å². The summed E-state index contributed by atoms with van der Waals surface area (Å²) in [5.74, 6) is 0. The SMILES string of the molecule is CC(C)O[S@@](=O)c1cccc2cccnc12. The summed E-state index contributed by atoms with van der Waals surface area (Å²) in [6.45, 7) is 3.72. The lowest BCUT2D eigenvalue weighted by atomic mass is 10.2. The first-order chi connectivity index (χ1) is 7.68. The molecule has 16 heavy (non-hydrogen) atoms. The van der Waals surface area contributed by atoms with E-state index in [1.54, 1.807) is 12.3 Å². The van der Waals surface area contributed by atoms with Crippen molar-refractivity contribution in [1.82, 2.24) is 4.98 Å². The highest BCUT2D eigenvalue weighted by Crippen LogP contribution is 2.20. The summed E-state index contributed by atoms with van der Waals surface area (Å²) < 4.78 is 17.2. The number of nitrogens with zero attached hydrogens (tertiary/aromatic N) is 1. The Hall–Kier alpha value is -1.26. The summed E-state index contributed by atoms with van der Waals surface area (Å²) in [5.41, 5.74) is 0.740. The molecule has 0 saturated carbocycles. The molecule has 4 heteroatoms. The van der Waals surface area contributed by atoms with Gasteiger partial charge in [-0.3, -0.25) is 9.17 Å². The van der Waals surface area contributed by atoms with E-state index in [1.807, 2.05) is 38.1 Å². The Morgan fingerprint density at radius 2 is 2.00 bits per heavy atom. The van der Waals surface area contributed by atoms with Crippen LogP contribution in [-0.2, 0) is 15.3 Å². The highest BCUT2D eigenvalue weighted by Gasteiger charge is 2.11. The molecule has 2 aromatic rings. The minimum absolute atomic E-state index is 0.0696. The average molecular weight is 235 g/mol. The quantitative estimate of drug-likeness (QED) is 0.821. The normalized spacial score (nSPS) is 13.2. The Balaban J connectivity index is 2.48. The number of para-hydroxylation sites is 1. The second-order valence-electron chi connectivity index (χ2n) is 3.71. The van der Waals surface area contributed by atoms with Gasteiger partial charge in [-0.05, 0) is 26.0 Å². The molecule has 0 unspecified atom stereocenters.